The Labute approximate surface area is 226 Å². The first-order chi connectivity index (χ1) is 18.6. The highest BCUT2D eigenvalue weighted by atomic mass is 16.2. The van der Waals surface area contributed by atoms with Crippen LogP contribution in [0.1, 0.15) is 58.4 Å². The van der Waals surface area contributed by atoms with E-state index in [4.69, 9.17) is 17.2 Å². The molecule has 3 atom stereocenters. The number of nitrogens with zero attached hydrogens (tertiary/aromatic N) is 1. The second kappa shape index (κ2) is 13.4. The zero-order chi connectivity index (χ0) is 28.5. The van der Waals surface area contributed by atoms with Gasteiger partial charge in [0.1, 0.15) is 12.1 Å². The van der Waals surface area contributed by atoms with Gasteiger partial charge in [0.05, 0.1) is 17.5 Å². The SMILES string of the molecule is NCCCC[C@H](CC(=O)[C@H](Cc1ccccc1)N1C(=O)c2ccccc2C1=O)C(=O)N[C@@H](CC(N)=O)C(N)=O. The van der Waals surface area contributed by atoms with Crippen molar-refractivity contribution in [3.05, 3.63) is 71.3 Å². The van der Waals surface area contributed by atoms with Crippen LogP contribution < -0.4 is 22.5 Å². The number of benzene rings is 2. The molecular formula is C28H33N5O6. The molecule has 11 heteroatoms. The van der Waals surface area contributed by atoms with Gasteiger partial charge in [0.25, 0.3) is 11.8 Å². The van der Waals surface area contributed by atoms with E-state index in [2.05, 4.69) is 5.32 Å². The Hall–Kier alpha value is -4.38. The van der Waals surface area contributed by atoms with Gasteiger partial charge in [-0.05, 0) is 37.1 Å². The number of ketones is 1. The number of rotatable bonds is 15. The first kappa shape index (κ1) is 29.2. The maximum Gasteiger partial charge on any atom is 0.262 e. The monoisotopic (exact) mass is 535 g/mol. The molecule has 2 aromatic carbocycles. The molecule has 11 nitrogen and oxygen atoms in total. The number of unbranched alkanes of at least 4 members (excludes halogenated alkanes) is 1. The summed E-state index contributed by atoms with van der Waals surface area (Å²) in [5.74, 6) is -5.01. The molecule has 7 N–H and O–H groups in total. The largest absolute Gasteiger partial charge is 0.370 e. The van der Waals surface area contributed by atoms with Gasteiger partial charge in [0.2, 0.25) is 17.7 Å². The molecule has 0 radical (unpaired) electrons. The van der Waals surface area contributed by atoms with Crippen LogP contribution in [0.2, 0.25) is 0 Å². The Morgan fingerprint density at radius 2 is 1.41 bits per heavy atom. The van der Waals surface area contributed by atoms with Crippen LogP contribution >= 0.6 is 0 Å². The highest BCUT2D eigenvalue weighted by molar-refractivity contribution is 6.23. The van der Waals surface area contributed by atoms with Crippen LogP contribution in [-0.4, -0.2) is 58.8 Å². The molecular weight excluding hydrogens is 502 g/mol. The van der Waals surface area contributed by atoms with E-state index in [0.717, 1.165) is 10.5 Å². The Morgan fingerprint density at radius 1 is 0.821 bits per heavy atom. The van der Waals surface area contributed by atoms with E-state index >= 15 is 0 Å². The molecule has 0 spiro atoms. The highest BCUT2D eigenvalue weighted by Gasteiger charge is 2.43. The Morgan fingerprint density at radius 3 is 1.95 bits per heavy atom. The normalized spacial score (nSPS) is 14.8. The fraction of sp³-hybridized carbons (Fsp3) is 0.357. The van der Waals surface area contributed by atoms with Gasteiger partial charge < -0.3 is 22.5 Å². The number of nitrogens with one attached hydrogen (secondary N) is 1. The second-order valence-corrected chi connectivity index (χ2v) is 9.52. The summed E-state index contributed by atoms with van der Waals surface area (Å²) in [5.41, 5.74) is 17.2. The molecule has 0 saturated carbocycles. The zero-order valence-electron chi connectivity index (χ0n) is 21.5. The molecule has 0 aliphatic carbocycles. The Balaban J connectivity index is 1.89. The summed E-state index contributed by atoms with van der Waals surface area (Å²) in [6, 6.07) is 12.8. The topological polar surface area (TPSA) is 196 Å². The minimum Gasteiger partial charge on any atom is -0.370 e. The summed E-state index contributed by atoms with van der Waals surface area (Å²) in [6.07, 6.45) is 0.601. The number of carbonyl (C=O) groups is 6. The Kier molecular flexibility index (Phi) is 10.0. The fourth-order valence-electron chi connectivity index (χ4n) is 4.63. The number of hydrogen-bond acceptors (Lipinski definition) is 7. The van der Waals surface area contributed by atoms with Gasteiger partial charge in [-0.2, -0.15) is 0 Å². The number of fused-ring (bicyclic) bond motifs is 1. The zero-order valence-corrected chi connectivity index (χ0v) is 21.5. The lowest BCUT2D eigenvalue weighted by Gasteiger charge is -2.27. The van der Waals surface area contributed by atoms with Crippen molar-refractivity contribution in [3.63, 3.8) is 0 Å². The van der Waals surface area contributed by atoms with Crippen molar-refractivity contribution in [1.29, 1.82) is 0 Å². The van der Waals surface area contributed by atoms with Crippen LogP contribution in [0.25, 0.3) is 0 Å². The first-order valence-corrected chi connectivity index (χ1v) is 12.8. The summed E-state index contributed by atoms with van der Waals surface area (Å²) < 4.78 is 0. The summed E-state index contributed by atoms with van der Waals surface area (Å²) >= 11 is 0. The molecule has 206 valence electrons. The summed E-state index contributed by atoms with van der Waals surface area (Å²) in [6.45, 7) is 0.375. The van der Waals surface area contributed by atoms with E-state index in [9.17, 15) is 28.8 Å². The van der Waals surface area contributed by atoms with Crippen molar-refractivity contribution in [2.75, 3.05) is 6.54 Å². The van der Waals surface area contributed by atoms with E-state index in [1.807, 2.05) is 0 Å². The number of hydrogen-bond donors (Lipinski definition) is 4. The van der Waals surface area contributed by atoms with Crippen molar-refractivity contribution in [1.82, 2.24) is 10.2 Å². The number of imide groups is 1. The van der Waals surface area contributed by atoms with E-state index in [1.54, 1.807) is 42.5 Å². The first-order valence-electron chi connectivity index (χ1n) is 12.8. The molecule has 2 aromatic rings. The lowest BCUT2D eigenvalue weighted by atomic mass is 9.89. The van der Waals surface area contributed by atoms with Gasteiger partial charge in [0, 0.05) is 18.8 Å². The molecule has 0 unspecified atom stereocenters. The molecule has 0 bridgehead atoms. The van der Waals surface area contributed by atoms with Crippen LogP contribution in [0.4, 0.5) is 0 Å². The van der Waals surface area contributed by atoms with E-state index in [-0.39, 0.29) is 30.4 Å². The quantitative estimate of drug-likeness (QED) is 0.187. The number of Topliss-reactive ketones (excluding diaryl/α,β-unsaturated/α-hetero) is 1. The van der Waals surface area contributed by atoms with Crippen molar-refractivity contribution in [3.8, 4) is 0 Å². The minimum atomic E-state index is -1.33. The van der Waals surface area contributed by atoms with Crippen LogP contribution in [-0.2, 0) is 25.6 Å². The summed E-state index contributed by atoms with van der Waals surface area (Å²) in [7, 11) is 0. The molecule has 1 aliphatic rings. The summed E-state index contributed by atoms with van der Waals surface area (Å²) in [4.78, 5) is 77.6. The lowest BCUT2D eigenvalue weighted by molar-refractivity contribution is -0.134. The molecule has 0 fully saturated rings. The van der Waals surface area contributed by atoms with Crippen molar-refractivity contribution in [2.45, 2.75) is 50.6 Å². The fourth-order valence-corrected chi connectivity index (χ4v) is 4.63. The van der Waals surface area contributed by atoms with Gasteiger partial charge in [-0.3, -0.25) is 33.7 Å². The van der Waals surface area contributed by atoms with Crippen LogP contribution in [0.15, 0.2) is 54.6 Å². The number of carbonyl (C=O) groups excluding carboxylic acids is 6. The number of amides is 5. The standard InChI is InChI=1S/C28H33N5O6/c29-13-7-6-10-18(26(37)32-21(25(31)36)16-24(30)35)15-23(34)22(14-17-8-2-1-3-9-17)33-27(38)19-11-4-5-12-20(19)28(33)39/h1-5,8-9,11-12,18,21-22H,6-7,10,13-16,29H2,(H2,30,35)(H2,31,36)(H,32,37)/t18-,21+,22+/m1/s1. The number of primary amides is 2. The van der Waals surface area contributed by atoms with Gasteiger partial charge >= 0.3 is 0 Å². The highest BCUT2D eigenvalue weighted by Crippen LogP contribution is 2.28. The molecule has 5 amide bonds. The van der Waals surface area contributed by atoms with Crippen molar-refractivity contribution >= 4 is 35.3 Å². The van der Waals surface area contributed by atoms with E-state index in [0.29, 0.717) is 19.4 Å². The maximum atomic E-state index is 13.8. The van der Waals surface area contributed by atoms with Gasteiger partial charge in [-0.25, -0.2) is 0 Å². The van der Waals surface area contributed by atoms with Crippen LogP contribution in [0.3, 0.4) is 0 Å². The number of nitrogens with two attached hydrogens (primary N) is 3. The van der Waals surface area contributed by atoms with Gasteiger partial charge in [-0.1, -0.05) is 48.9 Å². The van der Waals surface area contributed by atoms with E-state index < -0.39 is 59.7 Å². The van der Waals surface area contributed by atoms with Crippen molar-refractivity contribution in [2.24, 2.45) is 23.1 Å². The van der Waals surface area contributed by atoms with E-state index in [1.165, 1.54) is 12.1 Å². The maximum absolute atomic E-state index is 13.8. The molecule has 0 aromatic heterocycles. The van der Waals surface area contributed by atoms with Gasteiger partial charge in [-0.15, -0.1) is 0 Å². The Bertz CT molecular complexity index is 1210. The third-order valence-corrected chi connectivity index (χ3v) is 6.67. The third-order valence-electron chi connectivity index (χ3n) is 6.67. The minimum absolute atomic E-state index is 0.0634. The average molecular weight is 536 g/mol. The van der Waals surface area contributed by atoms with Crippen LogP contribution in [0, 0.1) is 5.92 Å². The predicted molar refractivity (Wildman–Crippen MR) is 142 cm³/mol. The van der Waals surface area contributed by atoms with Gasteiger partial charge in [0.15, 0.2) is 5.78 Å². The average Bonchev–Trinajstić information content (AvgIpc) is 3.16. The molecule has 1 heterocycles. The second-order valence-electron chi connectivity index (χ2n) is 9.52. The van der Waals surface area contributed by atoms with Crippen molar-refractivity contribution < 1.29 is 28.8 Å². The smallest absolute Gasteiger partial charge is 0.262 e. The predicted octanol–water partition coefficient (Wildman–Crippen LogP) is 0.444. The third kappa shape index (κ3) is 7.35. The molecule has 1 aliphatic heterocycles. The summed E-state index contributed by atoms with van der Waals surface area (Å²) in [5, 5.41) is 2.42. The molecule has 39 heavy (non-hydrogen) atoms. The molecule has 3 rings (SSSR count). The van der Waals surface area contributed by atoms with Crippen LogP contribution in [0.5, 0.6) is 0 Å². The molecule has 0 saturated heterocycles. The lowest BCUT2D eigenvalue weighted by Crippen LogP contribution is -2.50.